The molecule has 0 aliphatic heterocycles. The molecule has 1 aliphatic rings. The zero-order valence-electron chi connectivity index (χ0n) is 19.1. The van der Waals surface area contributed by atoms with Gasteiger partial charge in [0.25, 0.3) is 5.91 Å². The number of hydrogen-bond acceptors (Lipinski definition) is 7. The Morgan fingerprint density at radius 2 is 1.94 bits per heavy atom. The Morgan fingerprint density at radius 3 is 2.77 bits per heavy atom. The Bertz CT molecular complexity index is 1370. The van der Waals surface area contributed by atoms with Crippen LogP contribution in [-0.4, -0.2) is 31.9 Å². The molecule has 0 spiro atoms. The van der Waals surface area contributed by atoms with Gasteiger partial charge in [0.2, 0.25) is 0 Å². The molecule has 176 valence electrons. The second-order valence-corrected chi connectivity index (χ2v) is 8.43. The third kappa shape index (κ3) is 5.40. The van der Waals surface area contributed by atoms with Crippen LogP contribution in [0.25, 0.3) is 11.3 Å². The lowest BCUT2D eigenvalue weighted by Gasteiger charge is -2.14. The van der Waals surface area contributed by atoms with Gasteiger partial charge in [-0.25, -0.2) is 24.3 Å². The maximum Gasteiger partial charge on any atom is 0.255 e. The fourth-order valence-corrected chi connectivity index (χ4v) is 3.60. The average Bonchev–Trinajstić information content (AvgIpc) is 3.70. The number of aryl methyl sites for hydroxylation is 1. The van der Waals surface area contributed by atoms with Crippen molar-refractivity contribution in [3.63, 3.8) is 0 Å². The molecular weight excluding hydrogens is 445 g/mol. The van der Waals surface area contributed by atoms with Gasteiger partial charge in [0.05, 0.1) is 11.3 Å². The van der Waals surface area contributed by atoms with Crippen molar-refractivity contribution >= 4 is 28.9 Å². The number of nitrogens with one attached hydrogen (secondary N) is 3. The highest BCUT2D eigenvalue weighted by atomic mass is 19.1. The molecule has 0 atom stereocenters. The van der Waals surface area contributed by atoms with E-state index in [-0.39, 0.29) is 5.91 Å². The predicted octanol–water partition coefficient (Wildman–Crippen LogP) is 5.28. The van der Waals surface area contributed by atoms with Gasteiger partial charge in [0.15, 0.2) is 0 Å². The van der Waals surface area contributed by atoms with Crippen LogP contribution in [0.3, 0.4) is 0 Å². The minimum atomic E-state index is -0.620. The van der Waals surface area contributed by atoms with E-state index in [1.54, 1.807) is 30.5 Å². The average molecular weight is 470 g/mol. The quantitative estimate of drug-likeness (QED) is 0.322. The first-order chi connectivity index (χ1) is 17.1. The largest absolute Gasteiger partial charge is 0.367 e. The monoisotopic (exact) mass is 469 g/mol. The van der Waals surface area contributed by atoms with Crippen LogP contribution >= 0.6 is 0 Å². The predicted molar refractivity (Wildman–Crippen MR) is 133 cm³/mol. The van der Waals surface area contributed by atoms with E-state index >= 15 is 0 Å². The third-order valence-electron chi connectivity index (χ3n) is 5.68. The molecule has 0 bridgehead atoms. The summed E-state index contributed by atoms with van der Waals surface area (Å²) < 4.78 is 13.0. The molecule has 4 aromatic rings. The van der Waals surface area contributed by atoms with Crippen LogP contribution < -0.4 is 16.0 Å². The smallest absolute Gasteiger partial charge is 0.255 e. The molecule has 1 saturated carbocycles. The molecule has 2 heterocycles. The maximum atomic E-state index is 13.0. The van der Waals surface area contributed by atoms with Gasteiger partial charge in [0.1, 0.15) is 31.0 Å². The summed E-state index contributed by atoms with van der Waals surface area (Å²) in [5, 5.41) is 9.61. The van der Waals surface area contributed by atoms with Crippen LogP contribution in [0.2, 0.25) is 0 Å². The highest BCUT2D eigenvalue weighted by Gasteiger charge is 2.21. The van der Waals surface area contributed by atoms with Gasteiger partial charge in [-0.05, 0) is 55.2 Å². The number of hydrogen-bond donors (Lipinski definition) is 3. The summed E-state index contributed by atoms with van der Waals surface area (Å²) in [5.74, 6) is 1.04. The Balaban J connectivity index is 1.38. The first-order valence-electron chi connectivity index (χ1n) is 11.3. The van der Waals surface area contributed by atoms with Crippen molar-refractivity contribution in [2.24, 2.45) is 0 Å². The molecule has 0 radical (unpaired) electrons. The number of nitrogens with zero attached hydrogens (tertiary/aromatic N) is 4. The standard InChI is InChI=1S/C26H24FN7O/c1-16-5-6-20(33-26(35)18-4-2-3-17(9-18)12-27)10-22(16)34-25-21(13-28-14-31-25)23-11-24(30-15-29-23)32-19-7-8-19/h2-6,9-11,13-15,19H,7-8,12H2,1H3,(H,33,35)(H,28,31,34)(H,29,30,32). The third-order valence-corrected chi connectivity index (χ3v) is 5.68. The number of amides is 1. The molecule has 2 aromatic carbocycles. The SMILES string of the molecule is Cc1ccc(NC(=O)c2cccc(CF)c2)cc1Nc1ncncc1-c1cc(NC2CC2)ncn1. The summed E-state index contributed by atoms with van der Waals surface area (Å²) in [6.07, 6.45) is 6.99. The zero-order chi connectivity index (χ0) is 24.2. The van der Waals surface area contributed by atoms with E-state index in [1.807, 2.05) is 31.2 Å². The van der Waals surface area contributed by atoms with Crippen LogP contribution in [0.1, 0.15) is 34.3 Å². The van der Waals surface area contributed by atoms with Gasteiger partial charge in [-0.2, -0.15) is 0 Å². The van der Waals surface area contributed by atoms with Crippen molar-refractivity contribution in [1.29, 1.82) is 0 Å². The van der Waals surface area contributed by atoms with Gasteiger partial charge in [-0.3, -0.25) is 4.79 Å². The van der Waals surface area contributed by atoms with E-state index in [0.717, 1.165) is 35.5 Å². The van der Waals surface area contributed by atoms with E-state index < -0.39 is 6.67 Å². The summed E-state index contributed by atoms with van der Waals surface area (Å²) in [5.41, 5.74) is 4.61. The van der Waals surface area contributed by atoms with Crippen molar-refractivity contribution in [1.82, 2.24) is 19.9 Å². The van der Waals surface area contributed by atoms with E-state index in [2.05, 4.69) is 35.9 Å². The van der Waals surface area contributed by atoms with Crippen LogP contribution in [0, 0.1) is 6.92 Å². The number of rotatable bonds is 8. The molecule has 5 rings (SSSR count). The van der Waals surface area contributed by atoms with E-state index in [9.17, 15) is 9.18 Å². The van der Waals surface area contributed by atoms with Crippen molar-refractivity contribution in [3.8, 4) is 11.3 Å². The Kier molecular flexibility index (Phi) is 6.30. The van der Waals surface area contributed by atoms with E-state index in [0.29, 0.717) is 34.4 Å². The second kappa shape index (κ2) is 9.84. The van der Waals surface area contributed by atoms with Crippen molar-refractivity contribution in [2.75, 3.05) is 16.0 Å². The highest BCUT2D eigenvalue weighted by Crippen LogP contribution is 2.31. The lowest BCUT2D eigenvalue weighted by molar-refractivity contribution is 0.102. The summed E-state index contributed by atoms with van der Waals surface area (Å²) in [6, 6.07) is 14.4. The van der Waals surface area contributed by atoms with Gasteiger partial charge in [0, 0.05) is 35.2 Å². The van der Waals surface area contributed by atoms with Crippen LogP contribution in [0.15, 0.2) is 67.4 Å². The first-order valence-corrected chi connectivity index (χ1v) is 11.3. The normalized spacial score (nSPS) is 12.7. The fourth-order valence-electron chi connectivity index (χ4n) is 3.60. The Labute approximate surface area is 202 Å². The molecule has 0 saturated heterocycles. The van der Waals surface area contributed by atoms with Gasteiger partial charge in [-0.15, -0.1) is 0 Å². The summed E-state index contributed by atoms with van der Waals surface area (Å²) in [6.45, 7) is 1.34. The first kappa shape index (κ1) is 22.4. The number of anilines is 4. The molecular formula is C26H24FN7O. The van der Waals surface area contributed by atoms with Crippen LogP contribution in [-0.2, 0) is 6.67 Å². The molecule has 0 unspecified atom stereocenters. The van der Waals surface area contributed by atoms with Crippen LogP contribution in [0.5, 0.6) is 0 Å². The number of carbonyl (C=O) groups excluding carboxylic acids is 1. The minimum absolute atomic E-state index is 0.311. The number of benzene rings is 2. The molecule has 1 aliphatic carbocycles. The Hall–Kier alpha value is -4.40. The van der Waals surface area contributed by atoms with Crippen molar-refractivity contribution < 1.29 is 9.18 Å². The van der Waals surface area contributed by atoms with E-state index in [4.69, 9.17) is 0 Å². The molecule has 3 N–H and O–H groups in total. The summed E-state index contributed by atoms with van der Waals surface area (Å²) in [4.78, 5) is 30.0. The molecule has 2 aromatic heterocycles. The lowest BCUT2D eigenvalue weighted by Crippen LogP contribution is -2.12. The van der Waals surface area contributed by atoms with E-state index in [1.165, 1.54) is 12.7 Å². The van der Waals surface area contributed by atoms with Crippen LogP contribution in [0.4, 0.5) is 27.4 Å². The fraction of sp³-hybridized carbons (Fsp3) is 0.192. The number of alkyl halides is 1. The highest BCUT2D eigenvalue weighted by molar-refractivity contribution is 6.04. The zero-order valence-corrected chi connectivity index (χ0v) is 19.1. The summed E-state index contributed by atoms with van der Waals surface area (Å²) >= 11 is 0. The number of halogens is 1. The van der Waals surface area contributed by atoms with Gasteiger partial charge < -0.3 is 16.0 Å². The molecule has 8 nitrogen and oxygen atoms in total. The second-order valence-electron chi connectivity index (χ2n) is 8.43. The van der Waals surface area contributed by atoms with Crippen molar-refractivity contribution in [2.45, 2.75) is 32.5 Å². The number of carbonyl (C=O) groups is 1. The Morgan fingerprint density at radius 1 is 1.06 bits per heavy atom. The van der Waals surface area contributed by atoms with Gasteiger partial charge in [-0.1, -0.05) is 18.2 Å². The molecule has 1 amide bonds. The lowest BCUT2D eigenvalue weighted by atomic mass is 10.1. The minimum Gasteiger partial charge on any atom is -0.367 e. The molecule has 9 heteroatoms. The molecule has 1 fully saturated rings. The summed E-state index contributed by atoms with van der Waals surface area (Å²) in [7, 11) is 0. The number of aromatic nitrogens is 4. The van der Waals surface area contributed by atoms with Crippen molar-refractivity contribution in [3.05, 3.63) is 84.1 Å². The molecule has 35 heavy (non-hydrogen) atoms. The van der Waals surface area contributed by atoms with Gasteiger partial charge >= 0.3 is 0 Å². The maximum absolute atomic E-state index is 13.0. The topological polar surface area (TPSA) is 105 Å².